The Morgan fingerprint density at radius 2 is 0.788 bits per heavy atom. The maximum atomic E-state index is 13.5. The van der Waals surface area contributed by atoms with Crippen LogP contribution in [0.4, 0.5) is 0 Å². The number of carbonyl (C=O) groups is 7. The van der Waals surface area contributed by atoms with Crippen LogP contribution in [0.25, 0.3) is 0 Å². The summed E-state index contributed by atoms with van der Waals surface area (Å²) in [6.45, 7) is 6.21. The number of aliphatic hydroxyl groups is 9. The molecular weight excluding hydrogens is 1330 g/mol. The van der Waals surface area contributed by atoms with E-state index in [9.17, 15) is 79.5 Å². The van der Waals surface area contributed by atoms with Gasteiger partial charge < -0.3 is 154 Å². The van der Waals surface area contributed by atoms with Crippen LogP contribution in [0, 0.1) is 5.41 Å². The van der Waals surface area contributed by atoms with Gasteiger partial charge in [0.15, 0.2) is 18.9 Å². The number of nitrogens with one attached hydrogen (secondary N) is 6. The van der Waals surface area contributed by atoms with Crippen LogP contribution in [0.15, 0.2) is 0 Å². The van der Waals surface area contributed by atoms with Gasteiger partial charge in [-0.3, -0.25) is 33.6 Å². The average Bonchev–Trinajstić information content (AvgIpc) is 0.825. The van der Waals surface area contributed by atoms with Gasteiger partial charge in [-0.2, -0.15) is 0 Å². The van der Waals surface area contributed by atoms with Crippen molar-refractivity contribution >= 4 is 41.4 Å². The number of aliphatic hydroxyl groups excluding tert-OH is 9. The van der Waals surface area contributed by atoms with Crippen molar-refractivity contribution in [3.8, 4) is 0 Å². The Morgan fingerprint density at radius 1 is 0.455 bits per heavy atom. The van der Waals surface area contributed by atoms with E-state index >= 15 is 0 Å². The highest BCUT2D eigenvalue weighted by molar-refractivity contribution is 5.77. The van der Waals surface area contributed by atoms with Crippen molar-refractivity contribution in [2.24, 2.45) is 5.41 Å². The summed E-state index contributed by atoms with van der Waals surface area (Å²) in [5, 5.41) is 107. The lowest BCUT2D eigenvalue weighted by Gasteiger charge is -2.42. The van der Waals surface area contributed by atoms with Gasteiger partial charge >= 0.3 is 0 Å². The first-order valence-corrected chi connectivity index (χ1v) is 33.3. The summed E-state index contributed by atoms with van der Waals surface area (Å²) in [5.74, 6) is -2.91. The maximum Gasteiger partial charge on any atom is 0.225 e. The summed E-state index contributed by atoms with van der Waals surface area (Å²) < 4.78 is 86.4. The van der Waals surface area contributed by atoms with E-state index in [0.29, 0.717) is 26.3 Å². The molecule has 0 aromatic rings. The molecule has 4 saturated heterocycles. The van der Waals surface area contributed by atoms with E-state index in [0.717, 1.165) is 0 Å². The lowest BCUT2D eigenvalue weighted by molar-refractivity contribution is -0.272. The van der Waals surface area contributed by atoms with Crippen LogP contribution in [0.5, 0.6) is 0 Å². The molecule has 16 unspecified atom stereocenters. The summed E-state index contributed by atoms with van der Waals surface area (Å²) >= 11 is 0. The highest BCUT2D eigenvalue weighted by atomic mass is 16.7. The van der Waals surface area contributed by atoms with Crippen LogP contribution in [0.3, 0.4) is 0 Å². The van der Waals surface area contributed by atoms with E-state index in [1.165, 1.54) is 20.8 Å². The molecule has 16 atom stereocenters. The largest absolute Gasteiger partial charge is 0.394 e. The third-order valence-electron chi connectivity index (χ3n) is 15.6. The molecule has 0 aliphatic carbocycles. The number of amides is 7. The Labute approximate surface area is 575 Å². The number of carbonyl (C=O) groups excluding carboxylic acids is 7. The predicted molar refractivity (Wildman–Crippen MR) is 337 cm³/mol. The summed E-state index contributed by atoms with van der Waals surface area (Å²) in [5.41, 5.74) is -1.17. The van der Waals surface area contributed by atoms with Gasteiger partial charge in [0.25, 0.3) is 0 Å². The quantitative estimate of drug-likeness (QED) is 0.0252. The molecule has 0 radical (unpaired) electrons. The van der Waals surface area contributed by atoms with Crippen LogP contribution >= 0.6 is 0 Å². The Hall–Kier alpha value is -4.67. The molecule has 4 aliphatic heterocycles. The minimum atomic E-state index is -1.49. The number of hydrogen-bond donors (Lipinski definition) is 15. The molecule has 0 aromatic heterocycles. The monoisotopic (exact) mass is 1440 g/mol. The second kappa shape index (κ2) is 48.3. The normalized spacial score (nSPS) is 27.8. The van der Waals surface area contributed by atoms with Crippen LogP contribution in [0.2, 0.25) is 0 Å². The van der Waals surface area contributed by atoms with Gasteiger partial charge in [0.1, 0.15) is 73.1 Å². The zero-order valence-corrected chi connectivity index (χ0v) is 57.2. The maximum absolute atomic E-state index is 13.5. The highest BCUT2D eigenvalue weighted by Crippen LogP contribution is 2.26. The molecule has 99 heavy (non-hydrogen) atoms. The van der Waals surface area contributed by atoms with Gasteiger partial charge in [-0.15, -0.1) is 0 Å². The molecule has 574 valence electrons. The van der Waals surface area contributed by atoms with Crippen LogP contribution in [-0.4, -0.2) is 374 Å². The van der Waals surface area contributed by atoms with Gasteiger partial charge in [-0.1, -0.05) is 0 Å². The van der Waals surface area contributed by atoms with Gasteiger partial charge in [0.2, 0.25) is 41.4 Å². The van der Waals surface area contributed by atoms with Crippen LogP contribution in [0.1, 0.15) is 60.3 Å². The molecule has 4 rings (SSSR count). The van der Waals surface area contributed by atoms with Crippen molar-refractivity contribution in [2.45, 2.75) is 164 Å². The fourth-order valence-corrected chi connectivity index (χ4v) is 10.4. The molecule has 0 bridgehead atoms. The van der Waals surface area contributed by atoms with E-state index in [4.69, 9.17) is 71.1 Å². The van der Waals surface area contributed by atoms with Crippen LogP contribution < -0.4 is 31.9 Å². The third kappa shape index (κ3) is 32.7. The van der Waals surface area contributed by atoms with Crippen molar-refractivity contribution in [3.05, 3.63) is 0 Å². The molecule has 0 aromatic carbocycles. The zero-order chi connectivity index (χ0) is 72.7. The SMILES string of the molecule is CC(=O)NC1C(OCCOCCNC(=O)CCOCC(COCCC(=O)NCCOCCOC2OC(CO)C(O)C(O)C2NC(C)=O)(COCCC(=O)NCCOCCOC2OC(CO)C(O)C(O)C2NC(C)=O)COCCC(=O)N2CCOC(COC(C)C)C2)OC(CO)C(O)C1O. The van der Waals surface area contributed by atoms with E-state index in [1.54, 1.807) is 4.90 Å². The van der Waals surface area contributed by atoms with Gasteiger partial charge in [0, 0.05) is 72.8 Å². The number of nitrogens with zero attached hydrogens (tertiary/aromatic N) is 1. The van der Waals surface area contributed by atoms with E-state index in [-0.39, 0.29) is 176 Å². The first-order chi connectivity index (χ1) is 47.4. The minimum absolute atomic E-state index is 0.00138. The number of ether oxygens (including phenoxy) is 15. The first kappa shape index (κ1) is 86.7. The third-order valence-corrected chi connectivity index (χ3v) is 15.6. The Morgan fingerprint density at radius 3 is 1.10 bits per heavy atom. The molecule has 4 aliphatic rings. The summed E-state index contributed by atoms with van der Waals surface area (Å²) in [6.07, 6.45) is -16.7. The lowest BCUT2D eigenvalue weighted by atomic mass is 9.92. The molecule has 0 saturated carbocycles. The number of hydrogen-bond acceptors (Lipinski definition) is 31. The second-order valence-corrected chi connectivity index (χ2v) is 24.2. The summed E-state index contributed by atoms with van der Waals surface area (Å²) in [6, 6.07) is -3.40. The standard InChI is InChI=1S/C61H109N7O31/c1-37(2)96-32-41-28-68(13-21-92-41)48(78)9-17-91-36-61(33-88-14-6-45(75)62-10-18-85-22-25-93-58-49(65-38(3)72)55(82)52(79)42(29-69)97-58,34-89-15-7-46(76)63-11-19-86-23-26-94-59-50(66-39(4)73)56(83)53(80)43(30-70)98-59)35-90-16-8-47(77)64-12-20-87-24-27-95-60-51(67-40(5)74)57(84)54(81)44(31-71)99-60/h37,41-44,49-60,69-71,79-84H,6-36H2,1-5H3,(H,62,75)(H,63,76)(H,64,77)(H,65,72)(H,66,73)(H,67,74). The smallest absolute Gasteiger partial charge is 0.225 e. The van der Waals surface area contributed by atoms with Crippen LogP contribution in [-0.2, 0) is 105 Å². The van der Waals surface area contributed by atoms with Crippen molar-refractivity contribution in [1.82, 2.24) is 36.8 Å². The average molecular weight is 1440 g/mol. The molecule has 38 heteroatoms. The second-order valence-electron chi connectivity index (χ2n) is 24.2. The van der Waals surface area contributed by atoms with Gasteiger partial charge in [-0.25, -0.2) is 0 Å². The van der Waals surface area contributed by atoms with E-state index in [1.807, 2.05) is 13.8 Å². The molecule has 7 amide bonds. The fourth-order valence-electron chi connectivity index (χ4n) is 10.4. The molecule has 0 spiro atoms. The summed E-state index contributed by atoms with van der Waals surface area (Å²) in [4.78, 5) is 89.5. The van der Waals surface area contributed by atoms with Gasteiger partial charge in [-0.05, 0) is 13.8 Å². The molecule has 4 fully saturated rings. The molecule has 15 N–H and O–H groups in total. The number of rotatable bonds is 50. The van der Waals surface area contributed by atoms with Crippen molar-refractivity contribution in [3.63, 3.8) is 0 Å². The lowest BCUT2D eigenvalue weighted by Crippen LogP contribution is -2.64. The Kier molecular flexibility index (Phi) is 42.3. The Bertz CT molecular complexity index is 2130. The van der Waals surface area contributed by atoms with Crippen molar-refractivity contribution < 1.29 is 151 Å². The van der Waals surface area contributed by atoms with Crippen molar-refractivity contribution in [1.29, 1.82) is 0 Å². The van der Waals surface area contributed by atoms with E-state index in [2.05, 4.69) is 31.9 Å². The molecule has 38 nitrogen and oxygen atoms in total. The zero-order valence-electron chi connectivity index (χ0n) is 57.2. The fraction of sp³-hybridized carbons (Fsp3) is 0.885. The summed E-state index contributed by atoms with van der Waals surface area (Å²) in [7, 11) is 0. The molecule has 4 heterocycles. The first-order valence-electron chi connectivity index (χ1n) is 33.3. The highest BCUT2D eigenvalue weighted by Gasteiger charge is 2.48. The number of morpholine rings is 1. The van der Waals surface area contributed by atoms with Crippen molar-refractivity contribution in [2.75, 3.05) is 178 Å². The minimum Gasteiger partial charge on any atom is -0.394 e. The Balaban J connectivity index is 1.33. The predicted octanol–water partition coefficient (Wildman–Crippen LogP) is -8.47. The molecular formula is C61H109N7O31. The van der Waals surface area contributed by atoms with Gasteiger partial charge in [0.05, 0.1) is 169 Å². The topological polar surface area (TPSA) is 515 Å². The van der Waals surface area contributed by atoms with E-state index < -0.39 is 153 Å².